The lowest BCUT2D eigenvalue weighted by Crippen LogP contribution is -2.11. The van der Waals surface area contributed by atoms with Gasteiger partial charge in [-0.1, -0.05) is 29.8 Å². The average molecular weight is 248 g/mol. The van der Waals surface area contributed by atoms with Crippen LogP contribution in [0, 0.1) is 6.92 Å². The molecule has 1 aliphatic heterocycles. The van der Waals surface area contributed by atoms with E-state index in [0.717, 1.165) is 16.2 Å². The van der Waals surface area contributed by atoms with E-state index in [4.69, 9.17) is 4.74 Å². The first-order valence-electron chi connectivity index (χ1n) is 5.64. The highest BCUT2D eigenvalue weighted by Crippen LogP contribution is 2.25. The van der Waals surface area contributed by atoms with Crippen LogP contribution in [0.3, 0.4) is 0 Å². The predicted molar refractivity (Wildman–Crippen MR) is 71.2 cm³/mol. The molecule has 0 bridgehead atoms. The molecule has 0 aliphatic carbocycles. The molecule has 2 nitrogen and oxygen atoms in total. The Morgan fingerprint density at radius 1 is 1.47 bits per heavy atom. The molecule has 0 radical (unpaired) electrons. The smallest absolute Gasteiger partial charge is 0.110 e. The van der Waals surface area contributed by atoms with Gasteiger partial charge < -0.3 is 4.74 Å². The summed E-state index contributed by atoms with van der Waals surface area (Å²) in [5, 5.41) is 0. The van der Waals surface area contributed by atoms with Crippen molar-refractivity contribution in [2.45, 2.75) is 18.7 Å². The molecule has 0 saturated carbocycles. The van der Waals surface area contributed by atoms with E-state index in [1.807, 2.05) is 50.3 Å². The first kappa shape index (κ1) is 12.1. The molecule has 17 heavy (non-hydrogen) atoms. The molecule has 3 heteroatoms. The Balaban J connectivity index is 2.25. The third kappa shape index (κ3) is 2.86. The molecule has 90 valence electrons. The molecule has 1 aromatic rings. The van der Waals surface area contributed by atoms with Crippen molar-refractivity contribution in [2.75, 3.05) is 12.4 Å². The molecule has 0 amide bonds. The van der Waals surface area contributed by atoms with E-state index in [1.165, 1.54) is 5.56 Å². The van der Waals surface area contributed by atoms with Gasteiger partial charge in [-0.3, -0.25) is 4.21 Å². The van der Waals surface area contributed by atoms with Crippen LogP contribution in [0.5, 0.6) is 0 Å². The monoisotopic (exact) mass is 248 g/mol. The van der Waals surface area contributed by atoms with Gasteiger partial charge in [-0.05, 0) is 31.6 Å². The number of allylic oxidation sites excluding steroid dienone is 1. The Morgan fingerprint density at radius 2 is 2.29 bits per heavy atom. The SMILES string of the molecule is C/C=C/COC1=Cc2cc(C)ccc2S(=O)C1. The highest BCUT2D eigenvalue weighted by Gasteiger charge is 2.17. The van der Waals surface area contributed by atoms with Crippen LogP contribution in [0.4, 0.5) is 0 Å². The third-order valence-corrected chi connectivity index (χ3v) is 4.01. The van der Waals surface area contributed by atoms with Crippen molar-refractivity contribution in [3.05, 3.63) is 47.2 Å². The number of fused-ring (bicyclic) bond motifs is 1. The minimum absolute atomic E-state index is 0.480. The van der Waals surface area contributed by atoms with E-state index in [-0.39, 0.29) is 0 Å². The molecule has 0 aromatic heterocycles. The molecule has 1 unspecified atom stereocenters. The minimum Gasteiger partial charge on any atom is -0.493 e. The summed E-state index contributed by atoms with van der Waals surface area (Å²) in [7, 11) is -0.976. The Morgan fingerprint density at radius 3 is 3.06 bits per heavy atom. The quantitative estimate of drug-likeness (QED) is 0.768. The zero-order valence-electron chi connectivity index (χ0n) is 10.1. The van der Waals surface area contributed by atoms with Crippen LogP contribution < -0.4 is 0 Å². The molecule has 1 aromatic carbocycles. The topological polar surface area (TPSA) is 26.3 Å². The van der Waals surface area contributed by atoms with Gasteiger partial charge in [0, 0.05) is 4.90 Å². The molecular weight excluding hydrogens is 232 g/mol. The van der Waals surface area contributed by atoms with Crippen molar-refractivity contribution in [2.24, 2.45) is 0 Å². The van der Waals surface area contributed by atoms with Crippen molar-refractivity contribution in [3.8, 4) is 0 Å². The Hall–Kier alpha value is -1.35. The summed E-state index contributed by atoms with van der Waals surface area (Å²) in [6, 6.07) is 5.99. The molecule has 1 aliphatic rings. The first-order valence-corrected chi connectivity index (χ1v) is 6.96. The highest BCUT2D eigenvalue weighted by atomic mass is 32.2. The number of hydrogen-bond donors (Lipinski definition) is 0. The summed E-state index contributed by atoms with van der Waals surface area (Å²) in [6.07, 6.45) is 5.88. The van der Waals surface area contributed by atoms with Crippen LogP contribution >= 0.6 is 0 Å². The van der Waals surface area contributed by atoms with Crippen molar-refractivity contribution in [1.82, 2.24) is 0 Å². The highest BCUT2D eigenvalue weighted by molar-refractivity contribution is 7.85. The second-order valence-corrected chi connectivity index (χ2v) is 5.44. The van der Waals surface area contributed by atoms with E-state index in [1.54, 1.807) is 0 Å². The van der Waals surface area contributed by atoms with Crippen molar-refractivity contribution in [3.63, 3.8) is 0 Å². The second-order valence-electron chi connectivity index (χ2n) is 4.02. The van der Waals surface area contributed by atoms with E-state index in [9.17, 15) is 4.21 Å². The van der Waals surface area contributed by atoms with Crippen molar-refractivity contribution in [1.29, 1.82) is 0 Å². The van der Waals surface area contributed by atoms with Crippen molar-refractivity contribution >= 4 is 16.9 Å². The van der Waals surface area contributed by atoms with Gasteiger partial charge in [0.25, 0.3) is 0 Å². The van der Waals surface area contributed by atoms with Crippen LogP contribution in [0.25, 0.3) is 6.08 Å². The van der Waals surface area contributed by atoms with Crippen LogP contribution in [-0.2, 0) is 15.5 Å². The molecule has 0 fully saturated rings. The van der Waals surface area contributed by atoms with Crippen LogP contribution in [0.1, 0.15) is 18.1 Å². The molecule has 1 heterocycles. The summed E-state index contributed by atoms with van der Waals surface area (Å²) in [5.41, 5.74) is 2.19. The lowest BCUT2D eigenvalue weighted by atomic mass is 10.1. The van der Waals surface area contributed by atoms with E-state index in [0.29, 0.717) is 12.4 Å². The van der Waals surface area contributed by atoms with Crippen LogP contribution in [0.15, 0.2) is 41.0 Å². The van der Waals surface area contributed by atoms with E-state index >= 15 is 0 Å². The fourth-order valence-electron chi connectivity index (χ4n) is 1.74. The largest absolute Gasteiger partial charge is 0.493 e. The zero-order valence-corrected chi connectivity index (χ0v) is 10.9. The normalized spacial score (nSPS) is 18.9. The maximum atomic E-state index is 12.0. The van der Waals surface area contributed by atoms with Gasteiger partial charge in [0.15, 0.2) is 0 Å². The average Bonchev–Trinajstić information content (AvgIpc) is 2.28. The standard InChI is InChI=1S/C14H16O2S/c1-3-4-7-16-13-9-12-8-11(2)5-6-14(12)17(15)10-13/h3-6,8-9H,7,10H2,1-2H3/b4-3+. The van der Waals surface area contributed by atoms with E-state index in [2.05, 4.69) is 0 Å². The molecule has 0 N–H and O–H groups in total. The number of hydrogen-bond acceptors (Lipinski definition) is 2. The number of ether oxygens (including phenoxy) is 1. The lowest BCUT2D eigenvalue weighted by Gasteiger charge is -2.16. The molecule has 2 rings (SSSR count). The van der Waals surface area contributed by atoms with Gasteiger partial charge in [0.05, 0.1) is 16.6 Å². The summed E-state index contributed by atoms with van der Waals surface area (Å²) in [6.45, 7) is 4.53. The molecule has 0 saturated heterocycles. The summed E-state index contributed by atoms with van der Waals surface area (Å²) < 4.78 is 17.6. The lowest BCUT2D eigenvalue weighted by molar-refractivity contribution is 0.254. The fourth-order valence-corrected chi connectivity index (χ4v) is 2.93. The first-order chi connectivity index (χ1) is 8.20. The van der Waals surface area contributed by atoms with Crippen LogP contribution in [0.2, 0.25) is 0 Å². The second kappa shape index (κ2) is 5.32. The number of benzene rings is 1. The molecule has 0 spiro atoms. The predicted octanol–water partition coefficient (Wildman–Crippen LogP) is 3.05. The van der Waals surface area contributed by atoms with E-state index < -0.39 is 10.8 Å². The number of aryl methyl sites for hydroxylation is 1. The van der Waals surface area contributed by atoms with Gasteiger partial charge in [-0.25, -0.2) is 0 Å². The summed E-state index contributed by atoms with van der Waals surface area (Å²) >= 11 is 0. The molecule has 1 atom stereocenters. The fraction of sp³-hybridized carbons (Fsp3) is 0.286. The van der Waals surface area contributed by atoms with Gasteiger partial charge >= 0.3 is 0 Å². The zero-order chi connectivity index (χ0) is 12.3. The Labute approximate surface area is 104 Å². The van der Waals surface area contributed by atoms with Gasteiger partial charge in [-0.2, -0.15) is 0 Å². The van der Waals surface area contributed by atoms with Gasteiger partial charge in [0.1, 0.15) is 12.4 Å². The third-order valence-electron chi connectivity index (χ3n) is 2.60. The van der Waals surface area contributed by atoms with Crippen molar-refractivity contribution < 1.29 is 8.95 Å². The summed E-state index contributed by atoms with van der Waals surface area (Å²) in [4.78, 5) is 0.911. The minimum atomic E-state index is -0.976. The van der Waals surface area contributed by atoms with Gasteiger partial charge in [-0.15, -0.1) is 0 Å². The Bertz CT molecular complexity index is 501. The maximum Gasteiger partial charge on any atom is 0.110 e. The number of rotatable bonds is 3. The van der Waals surface area contributed by atoms with Gasteiger partial charge in [0.2, 0.25) is 0 Å². The maximum absolute atomic E-state index is 12.0. The molecular formula is C14H16O2S. The Kier molecular flexibility index (Phi) is 3.79. The summed E-state index contributed by atoms with van der Waals surface area (Å²) in [5.74, 6) is 1.28. The van der Waals surface area contributed by atoms with Crippen LogP contribution in [-0.4, -0.2) is 16.6 Å².